The van der Waals surface area contributed by atoms with Crippen LogP contribution in [0, 0.1) is 42.9 Å². The van der Waals surface area contributed by atoms with E-state index in [1.807, 2.05) is 91.5 Å². The maximum Gasteiger partial charge on any atom is 0.264 e. The number of carbonyl (C=O) groups is 1. The van der Waals surface area contributed by atoms with Crippen molar-refractivity contribution >= 4 is 21.9 Å². The van der Waals surface area contributed by atoms with Gasteiger partial charge in [0, 0.05) is 24.7 Å². The molecule has 3 heterocycles. The fourth-order valence-electron chi connectivity index (χ4n) is 8.98. The SMILES string of the molecule is Cc1cccc(C)c1-c1cc2nc(n1)NS(=O)(=O)c1cccc(c1)CC(C1CC3(CCN(C(=O)COCc4ccccc4)CC3)C1)[C@H](CC(C)C)CO2. The number of aryl methyl sites for hydroxylation is 2. The maximum absolute atomic E-state index is 13.8. The van der Waals surface area contributed by atoms with Gasteiger partial charge in [-0.15, -0.1) is 0 Å². The fourth-order valence-corrected chi connectivity index (χ4v) is 9.99. The Morgan fingerprint density at radius 3 is 2.40 bits per heavy atom. The summed E-state index contributed by atoms with van der Waals surface area (Å²) in [6.07, 6.45) is 5.95. The number of sulfonamides is 1. The van der Waals surface area contributed by atoms with Crippen molar-refractivity contribution in [1.82, 2.24) is 14.9 Å². The van der Waals surface area contributed by atoms with E-state index in [0.29, 0.717) is 42.5 Å². The molecule has 1 unspecified atom stereocenters. The van der Waals surface area contributed by atoms with Gasteiger partial charge in [-0.05, 0) is 116 Å². The van der Waals surface area contributed by atoms with E-state index in [1.165, 1.54) is 0 Å². The second-order valence-electron chi connectivity index (χ2n) is 16.0. The van der Waals surface area contributed by atoms with Crippen LogP contribution in [-0.2, 0) is 32.6 Å². The number of hydrogen-bond donors (Lipinski definition) is 1. The van der Waals surface area contributed by atoms with Gasteiger partial charge in [0.2, 0.25) is 17.7 Å². The summed E-state index contributed by atoms with van der Waals surface area (Å²) >= 11 is 0. The van der Waals surface area contributed by atoms with Crippen LogP contribution in [0.5, 0.6) is 5.88 Å². The first-order valence-corrected chi connectivity index (χ1v) is 20.5. The predicted molar refractivity (Wildman–Crippen MR) is 207 cm³/mol. The quantitative estimate of drug-likeness (QED) is 0.195. The molecule has 3 aromatic carbocycles. The van der Waals surface area contributed by atoms with Gasteiger partial charge in [-0.25, -0.2) is 18.1 Å². The summed E-state index contributed by atoms with van der Waals surface area (Å²) in [5, 5.41) is 0. The van der Waals surface area contributed by atoms with Crippen molar-refractivity contribution in [2.45, 2.75) is 77.7 Å². The largest absolute Gasteiger partial charge is 0.477 e. The van der Waals surface area contributed by atoms with Crippen molar-refractivity contribution in [3.05, 3.63) is 101 Å². The number of fused-ring (bicyclic) bond motifs is 4. The van der Waals surface area contributed by atoms with Gasteiger partial charge in [0.25, 0.3) is 10.0 Å². The van der Waals surface area contributed by atoms with Gasteiger partial charge in [-0.1, -0.05) is 74.5 Å². The first-order chi connectivity index (χ1) is 25.5. The molecule has 1 N–H and O–H groups in total. The summed E-state index contributed by atoms with van der Waals surface area (Å²) in [6.45, 7) is 11.1. The number of carbonyl (C=O) groups excluding carboxylic acids is 1. The van der Waals surface area contributed by atoms with Crippen molar-refractivity contribution in [3.8, 4) is 17.1 Å². The summed E-state index contributed by atoms with van der Waals surface area (Å²) in [5.41, 5.74) is 5.94. The number of nitrogens with zero attached hydrogens (tertiary/aromatic N) is 3. The molecule has 4 bridgehead atoms. The standard InChI is InChI=1S/C43H52N4O5S/c1-29(2)20-34-27-52-39-23-38(41-30(3)10-8-11-31(41)4)44-42(45-39)46-53(49,50)36-15-9-14-33(21-36)22-37(34)35-24-43(25-35)16-18-47(19-17-43)40(48)28-51-26-32-12-6-5-7-13-32/h5-15,21,23,29,34-35,37H,16-20,22,24-28H2,1-4H3,(H,44,45,46)/t34-,37?/m1/s1. The Kier molecular flexibility index (Phi) is 10.9. The number of benzene rings is 3. The van der Waals surface area contributed by atoms with Gasteiger partial charge in [0.1, 0.15) is 6.61 Å². The summed E-state index contributed by atoms with van der Waals surface area (Å²) in [5.74, 6) is 1.87. The van der Waals surface area contributed by atoms with Gasteiger partial charge in [-0.2, -0.15) is 4.98 Å². The summed E-state index contributed by atoms with van der Waals surface area (Å²) < 4.78 is 42.6. The highest BCUT2D eigenvalue weighted by Crippen LogP contribution is 2.57. The van der Waals surface area contributed by atoms with E-state index in [0.717, 1.165) is 79.4 Å². The zero-order valence-electron chi connectivity index (χ0n) is 31.4. The van der Waals surface area contributed by atoms with E-state index in [9.17, 15) is 13.2 Å². The molecule has 1 saturated carbocycles. The van der Waals surface area contributed by atoms with Gasteiger partial charge in [0.05, 0.1) is 23.8 Å². The van der Waals surface area contributed by atoms with Crippen LogP contribution >= 0.6 is 0 Å². The molecule has 2 aliphatic heterocycles. The molecule has 53 heavy (non-hydrogen) atoms. The predicted octanol–water partition coefficient (Wildman–Crippen LogP) is 8.01. The summed E-state index contributed by atoms with van der Waals surface area (Å²) in [6, 6.07) is 25.2. The van der Waals surface area contributed by atoms with Crippen LogP contribution in [-0.4, -0.2) is 55.5 Å². The Hall–Kier alpha value is -4.28. The third-order valence-corrected chi connectivity index (χ3v) is 13.0. The lowest BCUT2D eigenvalue weighted by molar-refractivity contribution is -0.141. The number of rotatable bonds is 8. The Labute approximate surface area is 314 Å². The van der Waals surface area contributed by atoms with Crippen LogP contribution in [0.1, 0.15) is 68.2 Å². The number of amides is 1. The van der Waals surface area contributed by atoms with E-state index >= 15 is 0 Å². The van der Waals surface area contributed by atoms with Gasteiger partial charge >= 0.3 is 0 Å². The highest BCUT2D eigenvalue weighted by molar-refractivity contribution is 7.92. The van der Waals surface area contributed by atoms with E-state index < -0.39 is 10.0 Å². The average Bonchev–Trinajstić information content (AvgIpc) is 3.11. The molecule has 3 aliphatic rings. The van der Waals surface area contributed by atoms with Crippen molar-refractivity contribution in [1.29, 1.82) is 0 Å². The molecule has 7 rings (SSSR count). The van der Waals surface area contributed by atoms with Crippen molar-refractivity contribution in [2.24, 2.45) is 29.1 Å². The minimum absolute atomic E-state index is 0.00437. The Morgan fingerprint density at radius 1 is 0.962 bits per heavy atom. The molecule has 2 fully saturated rings. The molecular formula is C43H52N4O5S. The molecule has 1 spiro atoms. The van der Waals surface area contributed by atoms with Gasteiger partial charge in [0.15, 0.2) is 0 Å². The zero-order valence-corrected chi connectivity index (χ0v) is 32.2. The number of hydrogen-bond acceptors (Lipinski definition) is 7. The van der Waals surface area contributed by atoms with Crippen LogP contribution in [0.2, 0.25) is 0 Å². The van der Waals surface area contributed by atoms with Crippen molar-refractivity contribution < 1.29 is 22.7 Å². The van der Waals surface area contributed by atoms with Crippen LogP contribution < -0.4 is 9.46 Å². The molecule has 1 aliphatic carbocycles. The Bertz CT molecular complexity index is 2000. The summed E-state index contributed by atoms with van der Waals surface area (Å²) in [7, 11) is -3.97. The van der Waals surface area contributed by atoms with Gasteiger partial charge < -0.3 is 14.4 Å². The molecule has 280 valence electrons. The topological polar surface area (TPSA) is 111 Å². The van der Waals surface area contributed by atoms with Gasteiger partial charge in [-0.3, -0.25) is 4.79 Å². The van der Waals surface area contributed by atoms with E-state index in [1.54, 1.807) is 6.07 Å². The highest BCUT2D eigenvalue weighted by atomic mass is 32.2. The second-order valence-corrected chi connectivity index (χ2v) is 17.7. The first kappa shape index (κ1) is 37.1. The molecule has 1 saturated heterocycles. The van der Waals surface area contributed by atoms with Crippen LogP contribution in [0.4, 0.5) is 5.95 Å². The monoisotopic (exact) mass is 736 g/mol. The number of anilines is 1. The van der Waals surface area contributed by atoms with E-state index in [4.69, 9.17) is 14.5 Å². The van der Waals surface area contributed by atoms with E-state index in [-0.39, 0.29) is 34.7 Å². The summed E-state index contributed by atoms with van der Waals surface area (Å²) in [4.78, 5) is 24.5. The lowest BCUT2D eigenvalue weighted by Crippen LogP contribution is -2.52. The number of nitrogens with one attached hydrogen (secondary N) is 1. The number of aromatic nitrogens is 2. The van der Waals surface area contributed by atoms with Crippen LogP contribution in [0.15, 0.2) is 83.8 Å². The zero-order chi connectivity index (χ0) is 37.2. The van der Waals surface area contributed by atoms with E-state index in [2.05, 4.69) is 23.6 Å². The van der Waals surface area contributed by atoms with Crippen molar-refractivity contribution in [3.63, 3.8) is 0 Å². The second kappa shape index (κ2) is 15.6. The highest BCUT2D eigenvalue weighted by Gasteiger charge is 2.50. The average molecular weight is 737 g/mol. The first-order valence-electron chi connectivity index (χ1n) is 19.1. The number of piperidine rings is 1. The van der Waals surface area contributed by atoms with Crippen molar-refractivity contribution in [2.75, 3.05) is 31.0 Å². The normalized spacial score (nSPS) is 21.0. The third-order valence-electron chi connectivity index (χ3n) is 11.7. The molecule has 0 radical (unpaired) electrons. The lowest BCUT2D eigenvalue weighted by atomic mass is 9.52. The molecule has 2 atom stereocenters. The fraction of sp³-hybridized carbons (Fsp3) is 0.465. The number of ether oxygens (including phenoxy) is 2. The molecule has 10 heteroatoms. The third kappa shape index (κ3) is 8.60. The van der Waals surface area contributed by atoms with Crippen LogP contribution in [0.25, 0.3) is 11.3 Å². The molecule has 9 nitrogen and oxygen atoms in total. The lowest BCUT2D eigenvalue weighted by Gasteiger charge is -2.55. The number of likely N-dealkylation sites (tertiary alicyclic amines) is 1. The molecule has 1 amide bonds. The molecular weight excluding hydrogens is 685 g/mol. The Morgan fingerprint density at radius 2 is 1.68 bits per heavy atom. The molecule has 4 aromatic rings. The van der Waals surface area contributed by atoms with Crippen LogP contribution in [0.3, 0.4) is 0 Å². The minimum atomic E-state index is -3.97. The minimum Gasteiger partial charge on any atom is -0.477 e. The Balaban J connectivity index is 1.11. The smallest absolute Gasteiger partial charge is 0.264 e. The maximum atomic E-state index is 13.8. The molecule has 1 aromatic heterocycles.